The Morgan fingerprint density at radius 3 is 2.54 bits per heavy atom. The zero-order valence-electron chi connectivity index (χ0n) is 27.1. The third kappa shape index (κ3) is 7.02. The molecular formula is C37H42N4O6S. The van der Waals surface area contributed by atoms with Crippen molar-refractivity contribution < 1.29 is 28.7 Å². The number of aldehydes is 1. The van der Waals surface area contributed by atoms with Gasteiger partial charge >= 0.3 is 6.09 Å². The number of carbonyl (C=O) groups excluding carboxylic acids is 4. The van der Waals surface area contributed by atoms with E-state index in [1.807, 2.05) is 41.8 Å². The van der Waals surface area contributed by atoms with Gasteiger partial charge in [0.1, 0.15) is 30.2 Å². The van der Waals surface area contributed by atoms with E-state index in [1.54, 1.807) is 4.90 Å². The zero-order chi connectivity index (χ0) is 33.1. The molecule has 1 saturated heterocycles. The Kier molecular flexibility index (Phi) is 9.57. The van der Waals surface area contributed by atoms with Crippen LogP contribution < -0.4 is 10.1 Å². The number of rotatable bonds is 6. The Labute approximate surface area is 284 Å². The number of Topliss-reactive ketones (excluding diaryl/α,β-unsaturated/α-hetero) is 1. The molecule has 48 heavy (non-hydrogen) atoms. The Morgan fingerprint density at radius 2 is 1.77 bits per heavy atom. The van der Waals surface area contributed by atoms with Crippen LogP contribution in [0.5, 0.6) is 5.88 Å². The molecule has 1 unspecified atom stereocenters. The van der Waals surface area contributed by atoms with Crippen molar-refractivity contribution in [2.24, 2.45) is 11.3 Å². The zero-order valence-corrected chi connectivity index (χ0v) is 27.9. The van der Waals surface area contributed by atoms with Crippen molar-refractivity contribution in [1.29, 1.82) is 0 Å². The number of nitrogens with zero attached hydrogens (tertiary/aromatic N) is 3. The number of aromatic nitrogens is 2. The second kappa shape index (κ2) is 14.2. The number of benzene rings is 1. The summed E-state index contributed by atoms with van der Waals surface area (Å²) in [6, 6.07) is 9.84. The maximum absolute atomic E-state index is 14.4. The van der Waals surface area contributed by atoms with Crippen LogP contribution >= 0.6 is 11.3 Å². The van der Waals surface area contributed by atoms with Crippen LogP contribution in [0.15, 0.2) is 53.9 Å². The summed E-state index contributed by atoms with van der Waals surface area (Å²) >= 11 is 1.53. The SMILES string of the molecule is O=C[C@]12CC(=O)[C@@H]3C[C@@H](Oc4nc5ccccc5nc4-c4cccs4)CN3C(=O)[C@@H](NC(=O)OC3CCCC3)CCCCC/C=C\C1C2. The molecule has 2 aliphatic heterocycles. The predicted molar refractivity (Wildman–Crippen MR) is 181 cm³/mol. The van der Waals surface area contributed by atoms with Crippen molar-refractivity contribution in [3.8, 4) is 16.5 Å². The molecule has 1 aromatic carbocycles. The minimum absolute atomic E-state index is 0.0303. The molecular weight excluding hydrogens is 628 g/mol. The van der Waals surface area contributed by atoms with Gasteiger partial charge in [0.05, 0.1) is 28.5 Å². The molecule has 7 rings (SSSR count). The van der Waals surface area contributed by atoms with Crippen molar-refractivity contribution in [2.75, 3.05) is 6.54 Å². The third-order valence-corrected chi connectivity index (χ3v) is 11.2. The third-order valence-electron chi connectivity index (χ3n) is 10.3. The molecule has 0 radical (unpaired) electrons. The first-order chi connectivity index (χ1) is 23.4. The van der Waals surface area contributed by atoms with Crippen molar-refractivity contribution >= 4 is 46.4 Å². The predicted octanol–water partition coefficient (Wildman–Crippen LogP) is 6.43. The molecule has 10 nitrogen and oxygen atoms in total. The molecule has 4 aliphatic rings. The first-order valence-corrected chi connectivity index (χ1v) is 18.2. The van der Waals surface area contributed by atoms with Crippen molar-refractivity contribution in [3.05, 3.63) is 53.9 Å². The highest BCUT2D eigenvalue weighted by molar-refractivity contribution is 7.13. The Balaban J connectivity index is 1.18. The van der Waals surface area contributed by atoms with Gasteiger partial charge in [-0.15, -0.1) is 11.3 Å². The summed E-state index contributed by atoms with van der Waals surface area (Å²) in [7, 11) is 0. The molecule has 5 atom stereocenters. The number of para-hydroxylation sites is 2. The van der Waals surface area contributed by atoms with Crippen LogP contribution in [0, 0.1) is 11.3 Å². The van der Waals surface area contributed by atoms with Gasteiger partial charge in [-0.3, -0.25) is 9.59 Å². The van der Waals surface area contributed by atoms with E-state index in [9.17, 15) is 19.2 Å². The lowest BCUT2D eigenvalue weighted by Crippen LogP contribution is -2.52. The van der Waals surface area contributed by atoms with Gasteiger partial charge in [-0.25, -0.2) is 14.8 Å². The van der Waals surface area contributed by atoms with Crippen molar-refractivity contribution in [2.45, 2.75) is 101 Å². The van der Waals surface area contributed by atoms with Crippen LogP contribution in [0.1, 0.15) is 77.0 Å². The number of thiophene rings is 1. The number of amides is 2. The summed E-state index contributed by atoms with van der Waals surface area (Å²) in [6.45, 7) is 0.140. The summed E-state index contributed by atoms with van der Waals surface area (Å²) in [5.74, 6) is -0.118. The van der Waals surface area contributed by atoms with Crippen molar-refractivity contribution in [3.63, 3.8) is 0 Å². The summed E-state index contributed by atoms with van der Waals surface area (Å²) in [4.78, 5) is 66.0. The number of ketones is 1. The maximum Gasteiger partial charge on any atom is 0.408 e. The second-order valence-electron chi connectivity index (χ2n) is 13.7. The number of ether oxygens (including phenoxy) is 2. The van der Waals surface area contributed by atoms with Gasteiger partial charge in [0.15, 0.2) is 5.78 Å². The summed E-state index contributed by atoms with van der Waals surface area (Å²) in [5.41, 5.74) is 1.29. The molecule has 2 aliphatic carbocycles. The van der Waals surface area contributed by atoms with Gasteiger partial charge in [-0.05, 0) is 80.9 Å². The van der Waals surface area contributed by atoms with Gasteiger partial charge in [0.25, 0.3) is 0 Å². The summed E-state index contributed by atoms with van der Waals surface area (Å²) < 4.78 is 12.2. The van der Waals surface area contributed by atoms with Crippen LogP contribution in [0.3, 0.4) is 0 Å². The smallest absolute Gasteiger partial charge is 0.408 e. The lowest BCUT2D eigenvalue weighted by molar-refractivity contribution is -0.140. The topological polar surface area (TPSA) is 128 Å². The normalized spacial score (nSPS) is 29.0. The van der Waals surface area contributed by atoms with Crippen LogP contribution in [0.2, 0.25) is 0 Å². The van der Waals surface area contributed by atoms with Gasteiger partial charge in [0.2, 0.25) is 11.8 Å². The lowest BCUT2D eigenvalue weighted by atomic mass is 9.93. The molecule has 2 aromatic heterocycles. The number of alkyl carbamates (subject to hydrolysis) is 1. The van der Waals surface area contributed by atoms with Crippen LogP contribution in [0.4, 0.5) is 4.79 Å². The van der Waals surface area contributed by atoms with E-state index in [0.717, 1.165) is 68.0 Å². The number of fused-ring (bicyclic) bond motifs is 3. The number of allylic oxidation sites excluding steroid dienone is 2. The minimum atomic E-state index is -0.843. The van der Waals surface area contributed by atoms with E-state index in [2.05, 4.69) is 17.5 Å². The van der Waals surface area contributed by atoms with Crippen molar-refractivity contribution in [1.82, 2.24) is 20.2 Å². The average molecular weight is 671 g/mol. The fourth-order valence-corrected chi connectivity index (χ4v) is 8.21. The van der Waals surface area contributed by atoms with E-state index in [4.69, 9.17) is 19.4 Å². The molecule has 2 saturated carbocycles. The fraction of sp³-hybridized carbons (Fsp3) is 0.514. The molecule has 0 spiro atoms. The van der Waals surface area contributed by atoms with Crippen LogP contribution in [0.25, 0.3) is 21.6 Å². The molecule has 11 heteroatoms. The highest BCUT2D eigenvalue weighted by atomic mass is 32.1. The summed E-state index contributed by atoms with van der Waals surface area (Å²) in [6.07, 6.45) is 12.3. The molecule has 3 fully saturated rings. The molecule has 252 valence electrons. The Morgan fingerprint density at radius 1 is 0.979 bits per heavy atom. The molecule has 0 bridgehead atoms. The van der Waals surface area contributed by atoms with Gasteiger partial charge in [-0.2, -0.15) is 0 Å². The average Bonchev–Trinajstić information content (AvgIpc) is 3.60. The van der Waals surface area contributed by atoms with Gasteiger partial charge < -0.3 is 24.5 Å². The number of hydrogen-bond acceptors (Lipinski definition) is 9. The second-order valence-corrected chi connectivity index (χ2v) is 14.7. The lowest BCUT2D eigenvalue weighted by Gasteiger charge is -2.29. The van der Waals surface area contributed by atoms with Gasteiger partial charge in [-0.1, -0.05) is 43.2 Å². The van der Waals surface area contributed by atoms with E-state index in [1.165, 1.54) is 11.3 Å². The first-order valence-electron chi connectivity index (χ1n) is 17.3. The number of nitrogens with one attached hydrogen (secondary N) is 1. The fourth-order valence-electron chi connectivity index (χ4n) is 7.50. The maximum atomic E-state index is 14.4. The Bertz CT molecular complexity index is 1690. The van der Waals surface area contributed by atoms with E-state index >= 15 is 0 Å². The van der Waals surface area contributed by atoms with Gasteiger partial charge in [0, 0.05) is 18.3 Å². The molecule has 2 amide bonds. The standard InChI is InChI=1S/C37H42N4O6S/c42-23-37-20-24(37)11-4-2-1-3-5-16-29(40-36(45)47-25-12-6-7-13-25)35(44)41-22-26(19-30(41)31(43)21-37)46-34-33(32-17-10-18-48-32)38-27-14-8-9-15-28(27)39-34/h4,8-11,14-15,17-18,23-26,29-30H,1-3,5-7,12-13,16,19-22H2,(H,40,45)/b11-4-/t24?,26-,29+,30+,37+/m1/s1. The van der Waals surface area contributed by atoms with E-state index < -0.39 is 29.7 Å². The number of carbonyl (C=O) groups is 4. The highest BCUT2D eigenvalue weighted by Gasteiger charge is 2.55. The summed E-state index contributed by atoms with van der Waals surface area (Å²) in [5, 5.41) is 4.83. The quantitative estimate of drug-likeness (QED) is 0.235. The number of hydrogen-bond donors (Lipinski definition) is 1. The largest absolute Gasteiger partial charge is 0.471 e. The van der Waals surface area contributed by atoms with Crippen LogP contribution in [-0.4, -0.2) is 69.8 Å². The highest BCUT2D eigenvalue weighted by Crippen LogP contribution is 2.55. The minimum Gasteiger partial charge on any atom is -0.471 e. The first kappa shape index (κ1) is 32.4. The molecule has 1 N–H and O–H groups in total. The van der Waals surface area contributed by atoms with Crippen LogP contribution in [-0.2, 0) is 19.1 Å². The van der Waals surface area contributed by atoms with E-state index in [-0.39, 0.29) is 43.1 Å². The Hall–Kier alpha value is -4.12. The monoisotopic (exact) mass is 670 g/mol. The molecule has 3 aromatic rings. The van der Waals surface area contributed by atoms with E-state index in [0.29, 0.717) is 29.9 Å². The molecule has 4 heterocycles.